The Labute approximate surface area is 158 Å². The number of carbonyl (C=O) groups excluding carboxylic acids is 1. The van der Waals surface area contributed by atoms with E-state index in [1.807, 2.05) is 66.5 Å². The molecule has 0 radical (unpaired) electrons. The van der Waals surface area contributed by atoms with E-state index >= 15 is 0 Å². The largest absolute Gasteiger partial charge is 0.444 e. The number of thioether (sulfide) groups is 1. The van der Waals surface area contributed by atoms with Crippen LogP contribution in [-0.4, -0.2) is 50.5 Å². The van der Waals surface area contributed by atoms with Crippen LogP contribution in [0.3, 0.4) is 0 Å². The average Bonchev–Trinajstić information content (AvgIpc) is 3.01. The minimum atomic E-state index is -0.523. The number of nitrogens with two attached hydrogens (primary N) is 1. The molecular formula is C19H26N4O2S. The van der Waals surface area contributed by atoms with Crippen molar-refractivity contribution in [2.45, 2.75) is 38.5 Å². The molecule has 3 rings (SSSR count). The van der Waals surface area contributed by atoms with Gasteiger partial charge in [0, 0.05) is 24.2 Å². The topological polar surface area (TPSA) is 73.4 Å². The third-order valence-electron chi connectivity index (χ3n) is 4.21. The SMILES string of the molecule is CC(C)(C)OC(=O)N1CCSCC1C(c1ccccc1)n1cc(N)cn1. The zero-order valence-corrected chi connectivity index (χ0v) is 16.3. The molecule has 2 aromatic rings. The van der Waals surface area contributed by atoms with Gasteiger partial charge in [-0.15, -0.1) is 0 Å². The molecule has 2 N–H and O–H groups in total. The number of nitrogens with zero attached hydrogens (tertiary/aromatic N) is 3. The molecule has 7 heteroatoms. The predicted molar refractivity (Wildman–Crippen MR) is 105 cm³/mol. The van der Waals surface area contributed by atoms with E-state index in [9.17, 15) is 4.79 Å². The summed E-state index contributed by atoms with van der Waals surface area (Å²) in [7, 11) is 0. The molecular weight excluding hydrogens is 348 g/mol. The quantitative estimate of drug-likeness (QED) is 0.891. The van der Waals surface area contributed by atoms with Gasteiger partial charge in [0.05, 0.1) is 24.0 Å². The van der Waals surface area contributed by atoms with E-state index in [0.717, 1.165) is 17.1 Å². The molecule has 1 aromatic carbocycles. The van der Waals surface area contributed by atoms with Crippen LogP contribution in [0.2, 0.25) is 0 Å². The summed E-state index contributed by atoms with van der Waals surface area (Å²) in [5, 5.41) is 4.44. The molecule has 1 aromatic heterocycles. The van der Waals surface area contributed by atoms with Gasteiger partial charge in [-0.1, -0.05) is 30.3 Å². The average molecular weight is 375 g/mol. The maximum atomic E-state index is 12.8. The van der Waals surface area contributed by atoms with Crippen LogP contribution < -0.4 is 5.73 Å². The summed E-state index contributed by atoms with van der Waals surface area (Å²) < 4.78 is 7.52. The lowest BCUT2D eigenvalue weighted by Gasteiger charge is -2.40. The van der Waals surface area contributed by atoms with Crippen molar-refractivity contribution in [3.8, 4) is 0 Å². The molecule has 2 unspecified atom stereocenters. The molecule has 0 saturated carbocycles. The molecule has 6 nitrogen and oxygen atoms in total. The number of rotatable bonds is 3. The molecule has 2 heterocycles. The molecule has 1 amide bonds. The summed E-state index contributed by atoms with van der Waals surface area (Å²) >= 11 is 1.84. The summed E-state index contributed by atoms with van der Waals surface area (Å²) in [4.78, 5) is 14.7. The van der Waals surface area contributed by atoms with E-state index in [-0.39, 0.29) is 18.2 Å². The van der Waals surface area contributed by atoms with Crippen LogP contribution in [0, 0.1) is 0 Å². The van der Waals surface area contributed by atoms with Gasteiger partial charge in [0.15, 0.2) is 0 Å². The summed E-state index contributed by atoms with van der Waals surface area (Å²) in [5.41, 5.74) is 7.09. The van der Waals surface area contributed by atoms with Gasteiger partial charge in [-0.05, 0) is 26.3 Å². The number of benzene rings is 1. The van der Waals surface area contributed by atoms with Crippen LogP contribution in [0.15, 0.2) is 42.7 Å². The number of carbonyl (C=O) groups is 1. The second kappa shape index (κ2) is 7.61. The third-order valence-corrected chi connectivity index (χ3v) is 5.25. The summed E-state index contributed by atoms with van der Waals surface area (Å²) in [6.07, 6.45) is 3.19. The van der Waals surface area contributed by atoms with E-state index in [4.69, 9.17) is 10.5 Å². The first kappa shape index (κ1) is 18.6. The maximum absolute atomic E-state index is 12.8. The predicted octanol–water partition coefficient (Wildman–Crippen LogP) is 3.41. The van der Waals surface area contributed by atoms with Crippen LogP contribution in [0.1, 0.15) is 32.4 Å². The first-order valence-electron chi connectivity index (χ1n) is 8.77. The van der Waals surface area contributed by atoms with E-state index in [1.54, 1.807) is 6.20 Å². The number of aromatic nitrogens is 2. The minimum absolute atomic E-state index is 0.0645. The van der Waals surface area contributed by atoms with Gasteiger partial charge in [-0.2, -0.15) is 16.9 Å². The fourth-order valence-corrected chi connectivity index (χ4v) is 4.23. The van der Waals surface area contributed by atoms with Crippen molar-refractivity contribution in [3.63, 3.8) is 0 Å². The van der Waals surface area contributed by atoms with Crippen LogP contribution in [0.25, 0.3) is 0 Å². The fraction of sp³-hybridized carbons (Fsp3) is 0.474. The number of ether oxygens (including phenoxy) is 1. The molecule has 140 valence electrons. The van der Waals surface area contributed by atoms with Crippen molar-refractivity contribution < 1.29 is 9.53 Å². The van der Waals surface area contributed by atoms with Crippen molar-refractivity contribution in [3.05, 3.63) is 48.3 Å². The highest BCUT2D eigenvalue weighted by Crippen LogP contribution is 2.32. The van der Waals surface area contributed by atoms with Crippen molar-refractivity contribution in [2.75, 3.05) is 23.8 Å². The maximum Gasteiger partial charge on any atom is 0.410 e. The number of hydrogen-bond donors (Lipinski definition) is 1. The monoisotopic (exact) mass is 374 g/mol. The van der Waals surface area contributed by atoms with E-state index in [2.05, 4.69) is 17.2 Å². The Balaban J connectivity index is 1.96. The van der Waals surface area contributed by atoms with Gasteiger partial charge in [0.1, 0.15) is 5.60 Å². The molecule has 0 aliphatic carbocycles. The van der Waals surface area contributed by atoms with E-state index in [0.29, 0.717) is 12.2 Å². The Hall–Kier alpha value is -2.15. The summed E-state index contributed by atoms with van der Waals surface area (Å²) in [6.45, 7) is 6.33. The molecule has 1 aliphatic rings. The summed E-state index contributed by atoms with van der Waals surface area (Å²) in [6, 6.07) is 9.94. The Bertz CT molecular complexity index is 741. The highest BCUT2D eigenvalue weighted by molar-refractivity contribution is 7.99. The van der Waals surface area contributed by atoms with E-state index < -0.39 is 5.60 Å². The molecule has 26 heavy (non-hydrogen) atoms. The molecule has 0 bridgehead atoms. The van der Waals surface area contributed by atoms with Gasteiger partial charge < -0.3 is 15.4 Å². The molecule has 1 aliphatic heterocycles. The zero-order chi connectivity index (χ0) is 18.7. The molecule has 1 saturated heterocycles. The molecule has 1 fully saturated rings. The van der Waals surface area contributed by atoms with Gasteiger partial charge in [0.25, 0.3) is 0 Å². The Morgan fingerprint density at radius 2 is 2.08 bits per heavy atom. The Kier molecular flexibility index (Phi) is 5.46. The van der Waals surface area contributed by atoms with Gasteiger partial charge in [0.2, 0.25) is 0 Å². The first-order chi connectivity index (χ1) is 12.3. The van der Waals surface area contributed by atoms with E-state index in [1.165, 1.54) is 0 Å². The van der Waals surface area contributed by atoms with Gasteiger partial charge in [-0.3, -0.25) is 4.68 Å². The Morgan fingerprint density at radius 3 is 2.69 bits per heavy atom. The normalized spacial score (nSPS) is 19.2. The second-order valence-electron chi connectivity index (χ2n) is 7.43. The Morgan fingerprint density at radius 1 is 1.35 bits per heavy atom. The number of anilines is 1. The number of hydrogen-bond acceptors (Lipinski definition) is 5. The minimum Gasteiger partial charge on any atom is -0.444 e. The van der Waals surface area contributed by atoms with Gasteiger partial charge >= 0.3 is 6.09 Å². The third kappa shape index (κ3) is 4.33. The first-order valence-corrected chi connectivity index (χ1v) is 9.92. The van der Waals surface area contributed by atoms with Crippen molar-refractivity contribution in [1.82, 2.24) is 14.7 Å². The highest BCUT2D eigenvalue weighted by Gasteiger charge is 2.37. The lowest BCUT2D eigenvalue weighted by Crippen LogP contribution is -2.52. The number of nitrogen functional groups attached to an aromatic ring is 1. The van der Waals surface area contributed by atoms with Crippen molar-refractivity contribution in [1.29, 1.82) is 0 Å². The fourth-order valence-electron chi connectivity index (χ4n) is 3.14. The van der Waals surface area contributed by atoms with Crippen LogP contribution in [0.5, 0.6) is 0 Å². The smallest absolute Gasteiger partial charge is 0.410 e. The van der Waals surface area contributed by atoms with Crippen molar-refractivity contribution in [2.24, 2.45) is 0 Å². The highest BCUT2D eigenvalue weighted by atomic mass is 32.2. The van der Waals surface area contributed by atoms with Crippen molar-refractivity contribution >= 4 is 23.5 Å². The zero-order valence-electron chi connectivity index (χ0n) is 15.5. The summed E-state index contributed by atoms with van der Waals surface area (Å²) in [5.74, 6) is 1.72. The lowest BCUT2D eigenvalue weighted by molar-refractivity contribution is 0.0148. The molecule has 2 atom stereocenters. The van der Waals surface area contributed by atoms with Crippen LogP contribution in [-0.2, 0) is 4.74 Å². The van der Waals surface area contributed by atoms with Crippen LogP contribution >= 0.6 is 11.8 Å². The second-order valence-corrected chi connectivity index (χ2v) is 8.58. The standard InChI is InChI=1S/C19H26N4O2S/c1-19(2,3)25-18(24)22-9-10-26-13-16(22)17(14-7-5-4-6-8-14)23-12-15(20)11-21-23/h4-8,11-12,16-17H,9-10,13,20H2,1-3H3. The van der Waals surface area contributed by atoms with Gasteiger partial charge in [-0.25, -0.2) is 4.79 Å². The van der Waals surface area contributed by atoms with Crippen LogP contribution in [0.4, 0.5) is 10.5 Å². The number of amides is 1. The molecule has 0 spiro atoms. The lowest BCUT2D eigenvalue weighted by atomic mass is 9.99.